The van der Waals surface area contributed by atoms with Gasteiger partial charge in [0.1, 0.15) is 5.82 Å². The van der Waals surface area contributed by atoms with Crippen LogP contribution in [0.4, 0.5) is 10.1 Å². The highest BCUT2D eigenvalue weighted by Crippen LogP contribution is 2.26. The van der Waals surface area contributed by atoms with Gasteiger partial charge < -0.3 is 9.64 Å². The van der Waals surface area contributed by atoms with Crippen LogP contribution < -0.4 is 4.74 Å². The molecule has 0 spiro atoms. The van der Waals surface area contributed by atoms with Gasteiger partial charge in [0.05, 0.1) is 4.92 Å². The van der Waals surface area contributed by atoms with Gasteiger partial charge in [0.2, 0.25) is 0 Å². The Balaban J connectivity index is 1.31. The summed E-state index contributed by atoms with van der Waals surface area (Å²) < 4.78 is 20.8. The fraction of sp³-hybridized carbons (Fsp3) is 0.273. The number of benzene rings is 2. The second-order valence-corrected chi connectivity index (χ2v) is 7.40. The SMILES string of the molecule is O=C(c1ccn(COc2ccccc2[N+](=O)[O-])n1)N1CCN(Cc2ccccc2F)CC1. The molecule has 9 nitrogen and oxygen atoms in total. The van der Waals surface area contributed by atoms with Gasteiger partial charge in [-0.15, -0.1) is 0 Å². The van der Waals surface area contributed by atoms with Crippen LogP contribution in [0.15, 0.2) is 60.8 Å². The van der Waals surface area contributed by atoms with Crippen LogP contribution in [0.2, 0.25) is 0 Å². The van der Waals surface area contributed by atoms with Crippen molar-refractivity contribution in [3.63, 3.8) is 0 Å². The van der Waals surface area contributed by atoms with Gasteiger partial charge in [0, 0.05) is 50.6 Å². The van der Waals surface area contributed by atoms with Gasteiger partial charge in [0.15, 0.2) is 18.2 Å². The van der Waals surface area contributed by atoms with E-state index in [0.717, 1.165) is 0 Å². The largest absolute Gasteiger partial charge is 0.464 e. The maximum atomic E-state index is 13.9. The lowest BCUT2D eigenvalue weighted by Gasteiger charge is -2.34. The maximum Gasteiger partial charge on any atom is 0.311 e. The van der Waals surface area contributed by atoms with Crippen LogP contribution in [0.25, 0.3) is 0 Å². The van der Waals surface area contributed by atoms with Crippen LogP contribution >= 0.6 is 0 Å². The maximum absolute atomic E-state index is 13.9. The lowest BCUT2D eigenvalue weighted by Crippen LogP contribution is -2.48. The molecule has 3 aromatic rings. The van der Waals surface area contributed by atoms with E-state index in [4.69, 9.17) is 4.74 Å². The molecule has 0 saturated carbocycles. The molecule has 0 bridgehead atoms. The first kappa shape index (κ1) is 21.4. The molecule has 0 unspecified atom stereocenters. The molecule has 4 rings (SSSR count). The Bertz CT molecular complexity index is 1110. The highest BCUT2D eigenvalue weighted by molar-refractivity contribution is 5.92. The number of halogens is 1. The minimum Gasteiger partial charge on any atom is -0.464 e. The summed E-state index contributed by atoms with van der Waals surface area (Å²) in [5.41, 5.74) is 0.785. The zero-order valence-electron chi connectivity index (χ0n) is 17.3. The summed E-state index contributed by atoms with van der Waals surface area (Å²) in [6.45, 7) is 2.77. The van der Waals surface area contributed by atoms with Crippen molar-refractivity contribution >= 4 is 11.6 Å². The molecule has 1 fully saturated rings. The second kappa shape index (κ2) is 9.56. The molecule has 166 valence electrons. The topological polar surface area (TPSA) is 93.7 Å². The predicted molar refractivity (Wildman–Crippen MR) is 114 cm³/mol. The van der Waals surface area contributed by atoms with E-state index in [-0.39, 0.29) is 35.6 Å². The Morgan fingerprint density at radius 2 is 1.78 bits per heavy atom. The summed E-state index contributed by atoms with van der Waals surface area (Å²) in [5.74, 6) is -0.286. The monoisotopic (exact) mass is 439 g/mol. The third-order valence-electron chi connectivity index (χ3n) is 5.29. The normalized spacial score (nSPS) is 14.3. The van der Waals surface area contributed by atoms with Crippen molar-refractivity contribution in [3.8, 4) is 5.75 Å². The predicted octanol–water partition coefficient (Wildman–Crippen LogP) is 2.92. The molecule has 1 aliphatic rings. The van der Waals surface area contributed by atoms with E-state index in [1.165, 1.54) is 22.9 Å². The molecule has 10 heteroatoms. The highest BCUT2D eigenvalue weighted by atomic mass is 19.1. The molecular weight excluding hydrogens is 417 g/mol. The third-order valence-corrected chi connectivity index (χ3v) is 5.29. The standard InChI is InChI=1S/C22H22FN5O4/c23-18-6-2-1-5-17(18)15-25-11-13-26(14-12-25)22(29)19-9-10-27(24-19)16-32-21-8-4-3-7-20(21)28(30)31/h1-10H,11-16H2. The number of nitrogens with zero attached hydrogens (tertiary/aromatic N) is 5. The Morgan fingerprint density at radius 3 is 2.53 bits per heavy atom. The highest BCUT2D eigenvalue weighted by Gasteiger charge is 2.24. The van der Waals surface area contributed by atoms with Crippen molar-refractivity contribution in [1.29, 1.82) is 0 Å². The van der Waals surface area contributed by atoms with Crippen LogP contribution in [0, 0.1) is 15.9 Å². The number of hydrogen-bond donors (Lipinski definition) is 0. The van der Waals surface area contributed by atoms with E-state index in [0.29, 0.717) is 38.3 Å². The van der Waals surface area contributed by atoms with Crippen LogP contribution in [-0.2, 0) is 13.3 Å². The second-order valence-electron chi connectivity index (χ2n) is 7.40. The number of rotatable bonds is 7. The van der Waals surface area contributed by atoms with E-state index < -0.39 is 4.92 Å². The minimum atomic E-state index is -0.515. The number of aromatic nitrogens is 2. The smallest absolute Gasteiger partial charge is 0.311 e. The number of carbonyl (C=O) groups excluding carboxylic acids is 1. The van der Waals surface area contributed by atoms with Crippen LogP contribution in [0.3, 0.4) is 0 Å². The number of hydrogen-bond acceptors (Lipinski definition) is 6. The first-order valence-corrected chi connectivity index (χ1v) is 10.2. The van der Waals surface area contributed by atoms with Gasteiger partial charge in [-0.3, -0.25) is 19.8 Å². The molecular formula is C22H22FN5O4. The summed E-state index contributed by atoms with van der Waals surface area (Å²) in [6.07, 6.45) is 1.59. The summed E-state index contributed by atoms with van der Waals surface area (Å²) in [7, 11) is 0. The first-order valence-electron chi connectivity index (χ1n) is 10.2. The van der Waals surface area contributed by atoms with E-state index in [9.17, 15) is 19.3 Å². The Labute approximate surface area is 183 Å². The number of para-hydroxylation sites is 2. The van der Waals surface area contributed by atoms with Crippen LogP contribution in [-0.4, -0.2) is 56.6 Å². The first-order chi connectivity index (χ1) is 15.5. The zero-order chi connectivity index (χ0) is 22.5. The van der Waals surface area contributed by atoms with E-state index in [2.05, 4.69) is 10.00 Å². The van der Waals surface area contributed by atoms with Crippen LogP contribution in [0.5, 0.6) is 5.75 Å². The summed E-state index contributed by atoms with van der Waals surface area (Å²) >= 11 is 0. The van der Waals surface area contributed by atoms with Gasteiger partial charge >= 0.3 is 5.69 Å². The average molecular weight is 439 g/mol. The molecule has 2 aromatic carbocycles. The molecule has 1 aliphatic heterocycles. The Morgan fingerprint density at radius 1 is 1.06 bits per heavy atom. The van der Waals surface area contributed by atoms with Crippen molar-refractivity contribution in [2.45, 2.75) is 13.3 Å². The Hall–Kier alpha value is -3.79. The van der Waals surface area contributed by atoms with Gasteiger partial charge in [-0.1, -0.05) is 30.3 Å². The van der Waals surface area contributed by atoms with Crippen molar-refractivity contribution in [2.24, 2.45) is 0 Å². The Kier molecular flexibility index (Phi) is 6.41. The summed E-state index contributed by atoms with van der Waals surface area (Å²) in [6, 6.07) is 14.4. The van der Waals surface area contributed by atoms with Crippen molar-refractivity contribution in [2.75, 3.05) is 26.2 Å². The van der Waals surface area contributed by atoms with E-state index >= 15 is 0 Å². The van der Waals surface area contributed by atoms with E-state index in [1.807, 2.05) is 6.07 Å². The number of ether oxygens (including phenoxy) is 1. The minimum absolute atomic E-state index is 0.0610. The molecule has 0 aliphatic carbocycles. The van der Waals surface area contributed by atoms with Gasteiger partial charge in [-0.25, -0.2) is 9.07 Å². The van der Waals surface area contributed by atoms with Gasteiger partial charge in [-0.2, -0.15) is 5.10 Å². The molecule has 0 N–H and O–H groups in total. The third kappa shape index (κ3) is 4.92. The fourth-order valence-electron chi connectivity index (χ4n) is 3.55. The molecule has 0 radical (unpaired) electrons. The van der Waals surface area contributed by atoms with Crippen molar-refractivity contribution < 1.29 is 18.8 Å². The molecule has 1 amide bonds. The van der Waals surface area contributed by atoms with Crippen LogP contribution in [0.1, 0.15) is 16.1 Å². The fourth-order valence-corrected chi connectivity index (χ4v) is 3.55. The van der Waals surface area contributed by atoms with Gasteiger partial charge in [-0.05, 0) is 18.2 Å². The molecule has 1 saturated heterocycles. The lowest BCUT2D eigenvalue weighted by atomic mass is 10.2. The summed E-state index contributed by atoms with van der Waals surface area (Å²) in [5, 5.41) is 15.3. The number of nitro benzene ring substituents is 1. The number of carbonyl (C=O) groups is 1. The summed E-state index contributed by atoms with van der Waals surface area (Å²) in [4.78, 5) is 27.2. The molecule has 0 atom stereocenters. The van der Waals surface area contributed by atoms with Crippen molar-refractivity contribution in [3.05, 3.63) is 88.0 Å². The molecule has 32 heavy (non-hydrogen) atoms. The molecule has 2 heterocycles. The number of nitro groups is 1. The van der Waals surface area contributed by atoms with Crippen molar-refractivity contribution in [1.82, 2.24) is 19.6 Å². The lowest BCUT2D eigenvalue weighted by molar-refractivity contribution is -0.386. The van der Waals surface area contributed by atoms with E-state index in [1.54, 1.807) is 41.4 Å². The van der Waals surface area contributed by atoms with Gasteiger partial charge in [0.25, 0.3) is 5.91 Å². The zero-order valence-corrected chi connectivity index (χ0v) is 17.3. The number of piperazine rings is 1. The number of amides is 1. The molecule has 1 aromatic heterocycles. The average Bonchev–Trinajstić information content (AvgIpc) is 3.28. The quantitative estimate of drug-likeness (QED) is 0.415.